The monoisotopic (exact) mass is 537 g/mol. The highest BCUT2D eigenvalue weighted by Gasteiger charge is 2.15. The van der Waals surface area contributed by atoms with Crippen LogP contribution in [0.5, 0.6) is 23.1 Å². The van der Waals surface area contributed by atoms with E-state index < -0.39 is 19.4 Å². The summed E-state index contributed by atoms with van der Waals surface area (Å²) >= 11 is 1.59. The van der Waals surface area contributed by atoms with Crippen molar-refractivity contribution in [2.24, 2.45) is 0 Å². The van der Waals surface area contributed by atoms with E-state index in [9.17, 15) is 9.18 Å². The second-order valence-electron chi connectivity index (χ2n) is 8.68. The molecule has 0 saturated carbocycles. The first-order chi connectivity index (χ1) is 18.3. The smallest absolute Gasteiger partial charge is 0.341 e. The molecule has 7 nitrogen and oxygen atoms in total. The van der Waals surface area contributed by atoms with Gasteiger partial charge < -0.3 is 24.1 Å². The van der Waals surface area contributed by atoms with Crippen molar-refractivity contribution in [3.63, 3.8) is 0 Å². The molecular formula is C29H28FNO6S. The lowest BCUT2D eigenvalue weighted by atomic mass is 10.0. The minimum atomic E-state index is -1.04. The highest BCUT2D eigenvalue weighted by Crippen LogP contribution is 2.40. The standard InChI is InChI=1S/C29H28FNO6S/c1-18(2)37-22-9-5-20(6-10-22)29-25(21-7-11-27(31-14-21)36-17-30)13-24(38-29)15-34-23-8-4-19(3)26(12-23)35-16-28(32)33/h4-14,18H,15-17H2,1-3H3,(H,32,33). The summed E-state index contributed by atoms with van der Waals surface area (Å²) in [4.78, 5) is 17.1. The zero-order valence-corrected chi connectivity index (χ0v) is 22.1. The predicted octanol–water partition coefficient (Wildman–Crippen LogP) is 6.92. The molecule has 0 aliphatic carbocycles. The fraction of sp³-hybridized carbons (Fsp3) is 0.241. The van der Waals surface area contributed by atoms with Crippen molar-refractivity contribution in [1.29, 1.82) is 0 Å². The molecule has 0 spiro atoms. The molecule has 0 atom stereocenters. The number of hydrogen-bond acceptors (Lipinski definition) is 7. The highest BCUT2D eigenvalue weighted by molar-refractivity contribution is 7.16. The van der Waals surface area contributed by atoms with Crippen LogP contribution in [0.15, 0.2) is 66.9 Å². The number of halogens is 1. The summed E-state index contributed by atoms with van der Waals surface area (Å²) in [6.45, 7) is 4.74. The fourth-order valence-electron chi connectivity index (χ4n) is 3.70. The normalized spacial score (nSPS) is 10.9. The molecule has 4 aromatic rings. The molecule has 9 heteroatoms. The van der Waals surface area contributed by atoms with Gasteiger partial charge in [0.2, 0.25) is 12.7 Å². The van der Waals surface area contributed by atoms with Gasteiger partial charge in [-0.2, -0.15) is 0 Å². The van der Waals surface area contributed by atoms with Gasteiger partial charge in [0.05, 0.1) is 6.10 Å². The average Bonchev–Trinajstić information content (AvgIpc) is 3.32. The van der Waals surface area contributed by atoms with E-state index in [-0.39, 0.29) is 12.0 Å². The lowest BCUT2D eigenvalue weighted by Gasteiger charge is -2.10. The van der Waals surface area contributed by atoms with Gasteiger partial charge in [0.1, 0.15) is 23.9 Å². The molecule has 0 aliphatic rings. The van der Waals surface area contributed by atoms with Crippen molar-refractivity contribution >= 4 is 17.3 Å². The summed E-state index contributed by atoms with van der Waals surface area (Å²) in [6.07, 6.45) is 1.73. The molecule has 0 unspecified atom stereocenters. The Hall–Kier alpha value is -4.11. The van der Waals surface area contributed by atoms with Crippen molar-refractivity contribution in [3.05, 3.63) is 77.3 Å². The molecule has 0 amide bonds. The van der Waals surface area contributed by atoms with Crippen molar-refractivity contribution in [3.8, 4) is 44.7 Å². The van der Waals surface area contributed by atoms with Crippen LogP contribution in [0.25, 0.3) is 21.6 Å². The average molecular weight is 538 g/mol. The van der Waals surface area contributed by atoms with Crippen LogP contribution in [0, 0.1) is 6.92 Å². The molecule has 1 N–H and O–H groups in total. The molecule has 2 aromatic carbocycles. The van der Waals surface area contributed by atoms with Gasteiger partial charge in [-0.1, -0.05) is 6.07 Å². The van der Waals surface area contributed by atoms with Gasteiger partial charge in [-0.05, 0) is 74.4 Å². The van der Waals surface area contributed by atoms with E-state index in [4.69, 9.17) is 24.1 Å². The van der Waals surface area contributed by atoms with Crippen LogP contribution in [0.2, 0.25) is 0 Å². The molecule has 0 bridgehead atoms. The number of carboxylic acids is 1. The number of rotatable bonds is 12. The number of carboxylic acid groups (broad SMARTS) is 1. The Labute approximate surface area is 224 Å². The minimum Gasteiger partial charge on any atom is -0.491 e. The van der Waals surface area contributed by atoms with E-state index in [0.717, 1.165) is 37.8 Å². The number of aliphatic carboxylic acids is 1. The van der Waals surface area contributed by atoms with E-state index in [1.165, 1.54) is 0 Å². The zero-order valence-electron chi connectivity index (χ0n) is 21.3. The second-order valence-corrected chi connectivity index (χ2v) is 9.82. The summed E-state index contributed by atoms with van der Waals surface area (Å²) in [6, 6.07) is 18.8. The summed E-state index contributed by atoms with van der Waals surface area (Å²) in [5.41, 5.74) is 3.64. The molecule has 2 heterocycles. The number of ether oxygens (including phenoxy) is 4. The first kappa shape index (κ1) is 26.9. The molecule has 2 aromatic heterocycles. The number of hydrogen-bond donors (Lipinski definition) is 1. The molecule has 198 valence electrons. The van der Waals surface area contributed by atoms with Crippen molar-refractivity contribution in [2.45, 2.75) is 33.5 Å². The molecule has 0 aliphatic heterocycles. The van der Waals surface area contributed by atoms with E-state index in [0.29, 0.717) is 18.1 Å². The summed E-state index contributed by atoms with van der Waals surface area (Å²) in [5, 5.41) is 8.91. The lowest BCUT2D eigenvalue weighted by Crippen LogP contribution is -2.10. The molecule has 0 radical (unpaired) electrons. The molecular weight excluding hydrogens is 509 g/mol. The van der Waals surface area contributed by atoms with Crippen LogP contribution in [0.1, 0.15) is 24.3 Å². The van der Waals surface area contributed by atoms with Crippen LogP contribution in [-0.4, -0.2) is 35.6 Å². The summed E-state index contributed by atoms with van der Waals surface area (Å²) < 4.78 is 34.6. The van der Waals surface area contributed by atoms with E-state index in [2.05, 4.69) is 4.98 Å². The molecule has 0 saturated heterocycles. The van der Waals surface area contributed by atoms with Crippen LogP contribution in [0.3, 0.4) is 0 Å². The number of pyridine rings is 1. The van der Waals surface area contributed by atoms with Gasteiger partial charge in [0.15, 0.2) is 6.61 Å². The number of carbonyl (C=O) groups is 1. The topological polar surface area (TPSA) is 87.1 Å². The largest absolute Gasteiger partial charge is 0.491 e. The van der Waals surface area contributed by atoms with Crippen LogP contribution >= 0.6 is 11.3 Å². The Balaban J connectivity index is 1.60. The van der Waals surface area contributed by atoms with Gasteiger partial charge in [0.25, 0.3) is 0 Å². The Morgan fingerprint density at radius 1 is 0.974 bits per heavy atom. The fourth-order valence-corrected chi connectivity index (χ4v) is 4.80. The maximum atomic E-state index is 12.5. The summed E-state index contributed by atoms with van der Waals surface area (Å²) in [5.74, 6) is 0.990. The van der Waals surface area contributed by atoms with Gasteiger partial charge in [-0.15, -0.1) is 11.3 Å². The molecule has 38 heavy (non-hydrogen) atoms. The number of aromatic nitrogens is 1. The Morgan fingerprint density at radius 2 is 1.71 bits per heavy atom. The quantitative estimate of drug-likeness (QED) is 0.210. The first-order valence-corrected chi connectivity index (χ1v) is 12.8. The van der Waals surface area contributed by atoms with Crippen LogP contribution in [0.4, 0.5) is 4.39 Å². The number of benzene rings is 2. The van der Waals surface area contributed by atoms with Gasteiger partial charge in [-0.3, -0.25) is 0 Å². The number of nitrogens with zero attached hydrogens (tertiary/aromatic N) is 1. The number of thiophene rings is 1. The van der Waals surface area contributed by atoms with Gasteiger partial charge in [0, 0.05) is 39.2 Å². The molecule has 4 rings (SSSR count). The third-order valence-electron chi connectivity index (χ3n) is 5.41. The Kier molecular flexibility index (Phi) is 8.81. The maximum absolute atomic E-state index is 12.5. The predicted molar refractivity (Wildman–Crippen MR) is 144 cm³/mol. The molecule has 0 fully saturated rings. The number of aryl methyl sites for hydroxylation is 1. The van der Waals surface area contributed by atoms with Gasteiger partial charge >= 0.3 is 5.97 Å². The van der Waals surface area contributed by atoms with Crippen molar-refractivity contribution in [2.75, 3.05) is 13.5 Å². The van der Waals surface area contributed by atoms with E-state index in [1.54, 1.807) is 29.7 Å². The minimum absolute atomic E-state index is 0.0786. The van der Waals surface area contributed by atoms with E-state index >= 15 is 0 Å². The second kappa shape index (κ2) is 12.4. The SMILES string of the molecule is Cc1ccc(OCc2cc(-c3ccc(OCF)nc3)c(-c3ccc(OC(C)C)cc3)s2)cc1OCC(=O)O. The van der Waals surface area contributed by atoms with Crippen molar-refractivity contribution in [1.82, 2.24) is 4.98 Å². The third kappa shape index (κ3) is 7.01. The zero-order chi connectivity index (χ0) is 27.1. The Morgan fingerprint density at radius 3 is 2.37 bits per heavy atom. The Bertz CT molecular complexity index is 1370. The number of alkyl halides is 1. The highest BCUT2D eigenvalue weighted by atomic mass is 32.1. The van der Waals surface area contributed by atoms with Gasteiger partial charge in [-0.25, -0.2) is 14.2 Å². The maximum Gasteiger partial charge on any atom is 0.341 e. The van der Waals surface area contributed by atoms with Crippen molar-refractivity contribution < 1.29 is 33.2 Å². The van der Waals surface area contributed by atoms with Crippen LogP contribution in [-0.2, 0) is 11.4 Å². The summed E-state index contributed by atoms with van der Waals surface area (Å²) in [7, 11) is 0. The third-order valence-corrected chi connectivity index (χ3v) is 6.57. The van der Waals surface area contributed by atoms with Crippen LogP contribution < -0.4 is 18.9 Å². The van der Waals surface area contributed by atoms with E-state index in [1.807, 2.05) is 69.3 Å². The first-order valence-electron chi connectivity index (χ1n) is 12.0. The lowest BCUT2D eigenvalue weighted by molar-refractivity contribution is -0.139.